The van der Waals surface area contributed by atoms with Crippen LogP contribution in [-0.2, 0) is 9.59 Å². The minimum absolute atomic E-state index is 0.0550. The van der Waals surface area contributed by atoms with Gasteiger partial charge in [0.25, 0.3) is 5.91 Å². The molecule has 2 N–H and O–H groups in total. The monoisotopic (exact) mass is 310 g/mol. The van der Waals surface area contributed by atoms with E-state index in [1.54, 1.807) is 29.3 Å². The highest BCUT2D eigenvalue weighted by Gasteiger charge is 2.37. The van der Waals surface area contributed by atoms with Crippen LogP contribution in [0.1, 0.15) is 29.4 Å². The molecule has 1 saturated heterocycles. The van der Waals surface area contributed by atoms with Crippen LogP contribution in [0.5, 0.6) is 0 Å². The first kappa shape index (κ1) is 15.5. The van der Waals surface area contributed by atoms with Gasteiger partial charge in [-0.1, -0.05) is 6.07 Å². The number of carboxylic acid groups (broad SMARTS) is 1. The topological polar surface area (TPSA) is 86.7 Å². The van der Waals surface area contributed by atoms with Crippen LogP contribution in [0.3, 0.4) is 0 Å². The normalized spacial score (nSPS) is 17.3. The maximum Gasteiger partial charge on any atom is 0.309 e. The Balaban J connectivity index is 1.80. The van der Waals surface area contributed by atoms with Gasteiger partial charge in [-0.25, -0.2) is 0 Å². The molecule has 1 aliphatic heterocycles. The van der Waals surface area contributed by atoms with Gasteiger partial charge in [-0.15, -0.1) is 11.3 Å². The first-order valence-electron chi connectivity index (χ1n) is 6.75. The minimum atomic E-state index is -0.819. The molecule has 1 aromatic heterocycles. The molecular weight excluding hydrogens is 292 g/mol. The zero-order valence-corrected chi connectivity index (χ0v) is 12.6. The van der Waals surface area contributed by atoms with Crippen LogP contribution >= 0.6 is 11.3 Å². The molecule has 1 aromatic rings. The summed E-state index contributed by atoms with van der Waals surface area (Å²) in [7, 11) is 0. The van der Waals surface area contributed by atoms with Gasteiger partial charge >= 0.3 is 5.97 Å². The Hall–Kier alpha value is -1.89. The Kier molecular flexibility index (Phi) is 4.62. The maximum absolute atomic E-state index is 12.0. The summed E-state index contributed by atoms with van der Waals surface area (Å²) in [5, 5.41) is 13.5. The van der Waals surface area contributed by atoms with Crippen molar-refractivity contribution in [1.29, 1.82) is 0 Å². The lowest BCUT2D eigenvalue weighted by molar-refractivity contribution is -0.152. The molecule has 0 spiro atoms. The third-order valence-corrected chi connectivity index (χ3v) is 4.75. The van der Waals surface area contributed by atoms with Crippen molar-refractivity contribution >= 4 is 29.1 Å². The highest BCUT2D eigenvalue weighted by molar-refractivity contribution is 7.12. The lowest BCUT2D eigenvalue weighted by Crippen LogP contribution is -2.48. The van der Waals surface area contributed by atoms with Crippen molar-refractivity contribution in [2.45, 2.75) is 19.8 Å². The Labute approximate surface area is 126 Å². The largest absolute Gasteiger partial charge is 0.481 e. The second-order valence-electron chi connectivity index (χ2n) is 5.41. The van der Waals surface area contributed by atoms with Crippen LogP contribution in [-0.4, -0.2) is 47.4 Å². The number of thiophene rings is 1. The Morgan fingerprint density at radius 3 is 2.57 bits per heavy atom. The third kappa shape index (κ3) is 3.60. The van der Waals surface area contributed by atoms with E-state index in [4.69, 9.17) is 5.11 Å². The number of carbonyl (C=O) groups is 3. The molecule has 0 aromatic carbocycles. The van der Waals surface area contributed by atoms with Crippen LogP contribution in [0.25, 0.3) is 0 Å². The molecule has 0 atom stereocenters. The molecule has 21 heavy (non-hydrogen) atoms. The molecule has 2 amide bonds. The van der Waals surface area contributed by atoms with Crippen LogP contribution in [0.2, 0.25) is 0 Å². The van der Waals surface area contributed by atoms with Crippen LogP contribution in [0, 0.1) is 5.41 Å². The summed E-state index contributed by atoms with van der Waals surface area (Å²) in [5.41, 5.74) is -0.753. The molecule has 2 heterocycles. The van der Waals surface area contributed by atoms with E-state index < -0.39 is 11.4 Å². The summed E-state index contributed by atoms with van der Waals surface area (Å²) in [6, 6.07) is 3.47. The van der Waals surface area contributed by atoms with Crippen LogP contribution in [0.4, 0.5) is 0 Å². The van der Waals surface area contributed by atoms with Gasteiger partial charge in [0.1, 0.15) is 0 Å². The average Bonchev–Trinajstić information content (AvgIpc) is 2.99. The standard InChI is InChI=1S/C14H18N2O4S/c1-14(13(19)20)4-6-16(7-5-14)11(17)9-15-12(18)10-3-2-8-21-10/h2-3,8H,4-7,9H2,1H3,(H,15,18)(H,19,20). The Morgan fingerprint density at radius 1 is 1.38 bits per heavy atom. The molecule has 0 saturated carbocycles. The van der Waals surface area contributed by atoms with E-state index >= 15 is 0 Å². The van der Waals surface area contributed by atoms with E-state index in [0.29, 0.717) is 30.8 Å². The fourth-order valence-electron chi connectivity index (χ4n) is 2.23. The lowest BCUT2D eigenvalue weighted by atomic mass is 9.80. The molecule has 114 valence electrons. The number of piperidine rings is 1. The second kappa shape index (κ2) is 6.26. The van der Waals surface area contributed by atoms with E-state index in [0.717, 1.165) is 0 Å². The van der Waals surface area contributed by atoms with Gasteiger partial charge in [0.2, 0.25) is 5.91 Å². The number of carboxylic acids is 1. The number of rotatable bonds is 4. The van der Waals surface area contributed by atoms with Crippen LogP contribution < -0.4 is 5.32 Å². The number of hydrogen-bond acceptors (Lipinski definition) is 4. The van der Waals surface area contributed by atoms with Gasteiger partial charge in [-0.05, 0) is 31.2 Å². The summed E-state index contributed by atoms with van der Waals surface area (Å²) < 4.78 is 0. The predicted molar refractivity (Wildman–Crippen MR) is 78.2 cm³/mol. The average molecular weight is 310 g/mol. The van der Waals surface area contributed by atoms with Crippen molar-refractivity contribution in [2.75, 3.05) is 19.6 Å². The molecule has 1 fully saturated rings. The number of amides is 2. The van der Waals surface area contributed by atoms with E-state index in [9.17, 15) is 14.4 Å². The predicted octanol–water partition coefficient (Wildman–Crippen LogP) is 1.19. The highest BCUT2D eigenvalue weighted by Crippen LogP contribution is 2.30. The second-order valence-corrected chi connectivity index (χ2v) is 6.35. The molecule has 1 aliphatic rings. The van der Waals surface area contributed by atoms with E-state index in [1.807, 2.05) is 0 Å². The summed E-state index contributed by atoms with van der Waals surface area (Å²) in [6.07, 6.45) is 0.875. The first-order chi connectivity index (χ1) is 9.92. The maximum atomic E-state index is 12.0. The number of hydrogen-bond donors (Lipinski definition) is 2. The molecular formula is C14H18N2O4S. The fraction of sp³-hybridized carbons (Fsp3) is 0.500. The summed E-state index contributed by atoms with van der Waals surface area (Å²) in [4.78, 5) is 37.1. The Morgan fingerprint density at radius 2 is 2.05 bits per heavy atom. The number of nitrogens with one attached hydrogen (secondary N) is 1. The van der Waals surface area contributed by atoms with Crippen molar-refractivity contribution in [3.63, 3.8) is 0 Å². The summed E-state index contributed by atoms with van der Waals surface area (Å²) in [6.45, 7) is 2.48. The quantitative estimate of drug-likeness (QED) is 0.874. The van der Waals surface area contributed by atoms with Gasteiger partial charge in [-0.2, -0.15) is 0 Å². The van der Waals surface area contributed by atoms with Crippen molar-refractivity contribution < 1.29 is 19.5 Å². The van der Waals surface area contributed by atoms with Gasteiger partial charge in [-0.3, -0.25) is 14.4 Å². The minimum Gasteiger partial charge on any atom is -0.481 e. The SMILES string of the molecule is CC1(C(=O)O)CCN(C(=O)CNC(=O)c2cccs2)CC1. The molecule has 6 nitrogen and oxygen atoms in total. The van der Waals surface area contributed by atoms with E-state index in [1.165, 1.54) is 11.3 Å². The van der Waals surface area contributed by atoms with E-state index in [2.05, 4.69) is 5.32 Å². The van der Waals surface area contributed by atoms with Gasteiger partial charge in [0.05, 0.1) is 16.8 Å². The van der Waals surface area contributed by atoms with Crippen molar-refractivity contribution in [1.82, 2.24) is 10.2 Å². The molecule has 0 aliphatic carbocycles. The fourth-order valence-corrected chi connectivity index (χ4v) is 2.87. The zero-order valence-electron chi connectivity index (χ0n) is 11.8. The Bertz CT molecular complexity index is 533. The van der Waals surface area contributed by atoms with Gasteiger partial charge in [0.15, 0.2) is 0 Å². The molecule has 7 heteroatoms. The molecule has 0 bridgehead atoms. The highest BCUT2D eigenvalue weighted by atomic mass is 32.1. The summed E-state index contributed by atoms with van der Waals surface area (Å²) >= 11 is 1.32. The van der Waals surface area contributed by atoms with E-state index in [-0.39, 0.29) is 18.4 Å². The summed E-state index contributed by atoms with van der Waals surface area (Å²) in [5.74, 6) is -1.25. The molecule has 0 unspecified atom stereocenters. The molecule has 2 rings (SSSR count). The van der Waals surface area contributed by atoms with Crippen molar-refractivity contribution in [2.24, 2.45) is 5.41 Å². The lowest BCUT2D eigenvalue weighted by Gasteiger charge is -2.36. The number of nitrogens with zero attached hydrogens (tertiary/aromatic N) is 1. The zero-order chi connectivity index (χ0) is 15.5. The third-order valence-electron chi connectivity index (χ3n) is 3.88. The number of aliphatic carboxylic acids is 1. The first-order valence-corrected chi connectivity index (χ1v) is 7.63. The van der Waals surface area contributed by atoms with Crippen LogP contribution in [0.15, 0.2) is 17.5 Å². The van der Waals surface area contributed by atoms with Crippen molar-refractivity contribution in [3.05, 3.63) is 22.4 Å². The smallest absolute Gasteiger partial charge is 0.309 e. The number of likely N-dealkylation sites (tertiary alicyclic amines) is 1. The van der Waals surface area contributed by atoms with Crippen molar-refractivity contribution in [3.8, 4) is 0 Å². The van der Waals surface area contributed by atoms with Gasteiger partial charge in [0, 0.05) is 13.1 Å². The molecule has 0 radical (unpaired) electrons. The number of carbonyl (C=O) groups excluding carboxylic acids is 2. The van der Waals surface area contributed by atoms with Gasteiger partial charge < -0.3 is 15.3 Å².